The van der Waals surface area contributed by atoms with Crippen LogP contribution in [0.3, 0.4) is 0 Å². The third-order valence-corrected chi connectivity index (χ3v) is 12.6. The first-order valence-electron chi connectivity index (χ1n) is 14.1. The van der Waals surface area contributed by atoms with E-state index in [1.807, 2.05) is 0 Å². The van der Waals surface area contributed by atoms with Gasteiger partial charge in [-0.2, -0.15) is 0 Å². The van der Waals surface area contributed by atoms with Crippen LogP contribution in [0.25, 0.3) is 0 Å². The van der Waals surface area contributed by atoms with Crippen molar-refractivity contribution < 1.29 is 10.2 Å². The maximum absolute atomic E-state index is 11.8. The van der Waals surface area contributed by atoms with Crippen LogP contribution in [0, 0.1) is 57.2 Å². The summed E-state index contributed by atoms with van der Waals surface area (Å²) in [6.45, 7) is 19.6. The number of rotatable bonds is 5. The molecule has 4 saturated carbocycles. The molecule has 2 nitrogen and oxygen atoms in total. The Hall–Kier alpha value is -0.0800. The topological polar surface area (TPSA) is 40.5 Å². The molecule has 0 aliphatic heterocycles. The molecule has 186 valence electrons. The van der Waals surface area contributed by atoms with E-state index in [-0.39, 0.29) is 28.5 Å². The quantitative estimate of drug-likeness (QED) is 0.460. The molecule has 10 atom stereocenters. The summed E-state index contributed by atoms with van der Waals surface area (Å²) in [4.78, 5) is 0. The van der Waals surface area contributed by atoms with Gasteiger partial charge in [0.1, 0.15) is 0 Å². The van der Waals surface area contributed by atoms with Crippen molar-refractivity contribution in [3.05, 3.63) is 0 Å². The van der Waals surface area contributed by atoms with Crippen LogP contribution >= 0.6 is 0 Å². The summed E-state index contributed by atoms with van der Waals surface area (Å²) >= 11 is 0. The van der Waals surface area contributed by atoms with Crippen molar-refractivity contribution in [3.8, 4) is 0 Å². The molecule has 0 aromatic carbocycles. The fourth-order valence-corrected chi connectivity index (χ4v) is 10.5. The van der Waals surface area contributed by atoms with Crippen molar-refractivity contribution in [3.63, 3.8) is 0 Å². The molecule has 0 radical (unpaired) electrons. The van der Waals surface area contributed by atoms with Gasteiger partial charge in [-0.1, -0.05) is 74.7 Å². The Morgan fingerprint density at radius 1 is 0.781 bits per heavy atom. The summed E-state index contributed by atoms with van der Waals surface area (Å²) in [5, 5.41) is 22.6. The number of hydrogen-bond acceptors (Lipinski definition) is 2. The second-order valence-electron chi connectivity index (χ2n) is 14.7. The fourth-order valence-electron chi connectivity index (χ4n) is 10.5. The van der Waals surface area contributed by atoms with Gasteiger partial charge in [0.05, 0.1) is 12.2 Å². The lowest BCUT2D eigenvalue weighted by molar-refractivity contribution is -0.242. The lowest BCUT2D eigenvalue weighted by Gasteiger charge is -2.70. The molecule has 32 heavy (non-hydrogen) atoms. The van der Waals surface area contributed by atoms with Gasteiger partial charge in [0.25, 0.3) is 0 Å². The van der Waals surface area contributed by atoms with Crippen LogP contribution in [0.4, 0.5) is 0 Å². The third kappa shape index (κ3) is 3.47. The maximum atomic E-state index is 11.8. The average Bonchev–Trinajstić information content (AvgIpc) is 3.07. The van der Waals surface area contributed by atoms with E-state index >= 15 is 0 Å². The van der Waals surface area contributed by atoms with Crippen LogP contribution in [-0.4, -0.2) is 22.4 Å². The molecule has 0 amide bonds. The molecule has 2 heteroatoms. The first-order chi connectivity index (χ1) is 14.8. The van der Waals surface area contributed by atoms with Gasteiger partial charge in [0.2, 0.25) is 0 Å². The molecule has 4 aliphatic rings. The molecule has 0 saturated heterocycles. The number of aliphatic hydroxyl groups is 2. The standard InChI is InChI=1S/C30H54O2/c1-19(2)10-9-11-20(3)21-12-16-30(8)26(21)22(31)18-24-28(6)15-14-25(32)27(4,5)23(28)13-17-29(24,30)7/h19-26,31-32H,9-18H2,1-8H3/t20-,21-,22-,23-,24-,25+,26+,28+,29-,30+/m1/s1. The monoisotopic (exact) mass is 446 g/mol. The molecule has 0 aromatic rings. The van der Waals surface area contributed by atoms with Gasteiger partial charge in [-0.15, -0.1) is 0 Å². The largest absolute Gasteiger partial charge is 0.393 e. The summed E-state index contributed by atoms with van der Waals surface area (Å²) in [7, 11) is 0. The van der Waals surface area contributed by atoms with Gasteiger partial charge >= 0.3 is 0 Å². The average molecular weight is 447 g/mol. The Labute approximate surface area is 199 Å². The van der Waals surface area contributed by atoms with Crippen LogP contribution < -0.4 is 0 Å². The Balaban J connectivity index is 1.61. The first-order valence-corrected chi connectivity index (χ1v) is 14.1. The molecule has 4 fully saturated rings. The molecule has 0 aromatic heterocycles. The van der Waals surface area contributed by atoms with E-state index in [1.165, 1.54) is 44.9 Å². The minimum Gasteiger partial charge on any atom is -0.393 e. The zero-order chi connectivity index (χ0) is 23.7. The molecule has 0 spiro atoms. The highest BCUT2D eigenvalue weighted by molar-refractivity contribution is 5.19. The highest BCUT2D eigenvalue weighted by Gasteiger charge is 2.70. The highest BCUT2D eigenvalue weighted by Crippen LogP contribution is 2.75. The van der Waals surface area contributed by atoms with Gasteiger partial charge in [0.15, 0.2) is 0 Å². The first kappa shape index (κ1) is 25.0. The van der Waals surface area contributed by atoms with Gasteiger partial charge < -0.3 is 10.2 Å². The molecule has 0 heterocycles. The molecular weight excluding hydrogens is 392 g/mol. The summed E-state index contributed by atoms with van der Waals surface area (Å²) in [6.07, 6.45) is 11.9. The van der Waals surface area contributed by atoms with Gasteiger partial charge in [-0.3, -0.25) is 0 Å². The zero-order valence-electron chi connectivity index (χ0n) is 22.6. The summed E-state index contributed by atoms with van der Waals surface area (Å²) in [5.74, 6) is 3.83. The van der Waals surface area contributed by atoms with Crippen molar-refractivity contribution >= 4 is 0 Å². The van der Waals surface area contributed by atoms with Crippen LogP contribution in [0.1, 0.15) is 120 Å². The van der Waals surface area contributed by atoms with Crippen LogP contribution in [0.15, 0.2) is 0 Å². The van der Waals surface area contributed by atoms with Crippen molar-refractivity contribution in [1.82, 2.24) is 0 Å². The lowest BCUT2D eigenvalue weighted by Crippen LogP contribution is -2.66. The Kier molecular flexibility index (Phi) is 6.45. The van der Waals surface area contributed by atoms with Crippen LogP contribution in [0.2, 0.25) is 0 Å². The second kappa shape index (κ2) is 8.25. The van der Waals surface area contributed by atoms with Crippen molar-refractivity contribution in [1.29, 1.82) is 0 Å². The predicted octanol–water partition coefficient (Wildman–Crippen LogP) is 7.47. The van der Waals surface area contributed by atoms with Gasteiger partial charge in [-0.25, -0.2) is 0 Å². The van der Waals surface area contributed by atoms with E-state index in [2.05, 4.69) is 55.4 Å². The second-order valence-corrected chi connectivity index (χ2v) is 14.7. The predicted molar refractivity (Wildman–Crippen MR) is 134 cm³/mol. The number of fused-ring (bicyclic) bond motifs is 5. The van der Waals surface area contributed by atoms with Crippen molar-refractivity contribution in [2.24, 2.45) is 57.2 Å². The number of hydrogen-bond donors (Lipinski definition) is 2. The highest BCUT2D eigenvalue weighted by atomic mass is 16.3. The Bertz CT molecular complexity index is 684. The van der Waals surface area contributed by atoms with Gasteiger partial charge in [-0.05, 0) is 102 Å². The van der Waals surface area contributed by atoms with E-state index in [4.69, 9.17) is 0 Å². The normalized spacial score (nSPS) is 51.1. The summed E-state index contributed by atoms with van der Waals surface area (Å²) in [6, 6.07) is 0. The minimum atomic E-state index is -0.177. The molecule has 4 aliphatic carbocycles. The third-order valence-electron chi connectivity index (χ3n) is 12.6. The molecular formula is C30H54O2. The summed E-state index contributed by atoms with van der Waals surface area (Å²) < 4.78 is 0. The molecule has 0 bridgehead atoms. The van der Waals surface area contributed by atoms with E-state index in [0.717, 1.165) is 31.1 Å². The molecule has 4 rings (SSSR count). The van der Waals surface area contributed by atoms with E-state index in [9.17, 15) is 10.2 Å². The lowest BCUT2D eigenvalue weighted by atomic mass is 9.35. The van der Waals surface area contributed by atoms with Gasteiger partial charge in [0, 0.05) is 0 Å². The molecule has 0 unspecified atom stereocenters. The maximum Gasteiger partial charge on any atom is 0.0594 e. The zero-order valence-corrected chi connectivity index (χ0v) is 22.6. The SMILES string of the molecule is CC(C)CCC[C@@H](C)[C@H]1CC[C@@]2(C)[C@@H]1[C@H](O)C[C@@H]1[C@@]3(C)CC[C@H](O)C(C)(C)[C@H]3CC[C@]12C. The molecule has 2 N–H and O–H groups in total. The van der Waals surface area contributed by atoms with E-state index in [1.54, 1.807) is 0 Å². The van der Waals surface area contributed by atoms with Crippen molar-refractivity contribution in [2.45, 2.75) is 132 Å². The number of aliphatic hydroxyl groups excluding tert-OH is 2. The Morgan fingerprint density at radius 3 is 2.09 bits per heavy atom. The van der Waals surface area contributed by atoms with Crippen molar-refractivity contribution in [2.75, 3.05) is 0 Å². The minimum absolute atomic E-state index is 0.0137. The summed E-state index contributed by atoms with van der Waals surface area (Å²) in [5.41, 5.74) is 0.791. The van der Waals surface area contributed by atoms with E-state index in [0.29, 0.717) is 29.1 Å². The van der Waals surface area contributed by atoms with E-state index < -0.39 is 0 Å². The van der Waals surface area contributed by atoms with Crippen LogP contribution in [0.5, 0.6) is 0 Å². The van der Waals surface area contributed by atoms with Crippen LogP contribution in [-0.2, 0) is 0 Å². The fraction of sp³-hybridized carbons (Fsp3) is 1.00. The smallest absolute Gasteiger partial charge is 0.0594 e. The Morgan fingerprint density at radius 2 is 1.44 bits per heavy atom.